The minimum atomic E-state index is -4.29. The van der Waals surface area contributed by atoms with Gasteiger partial charge in [-0.05, 0) is 31.0 Å². The number of rotatable bonds is 11. The lowest BCUT2D eigenvalue weighted by atomic mass is 10.1. The van der Waals surface area contributed by atoms with Crippen LogP contribution in [0.3, 0.4) is 0 Å². The average molecular weight is 488 g/mol. The summed E-state index contributed by atoms with van der Waals surface area (Å²) in [6.07, 6.45) is -0.221. The maximum absolute atomic E-state index is 12.2. The minimum Gasteiger partial charge on any atom is -0.352 e. The summed E-state index contributed by atoms with van der Waals surface area (Å²) in [6, 6.07) is 2.90. The van der Waals surface area contributed by atoms with Crippen molar-refractivity contribution >= 4 is 42.1 Å². The molecular weight excluding hydrogens is 466 g/mol. The van der Waals surface area contributed by atoms with Crippen LogP contribution < -0.4 is 15.8 Å². The second-order valence-corrected chi connectivity index (χ2v) is 10.8. The van der Waals surface area contributed by atoms with E-state index < -0.39 is 58.5 Å². The summed E-state index contributed by atoms with van der Waals surface area (Å²) in [5.41, 5.74) is -0.507. The molecule has 0 aromatic heterocycles. The Kier molecular flexibility index (Phi) is 8.88. The summed E-state index contributed by atoms with van der Waals surface area (Å²) in [5.74, 6) is -2.84. The molecule has 16 heteroatoms. The van der Waals surface area contributed by atoms with Crippen LogP contribution >= 0.6 is 0 Å². The number of carbonyl (C=O) groups is 2. The number of primary sulfonamides is 1. The van der Waals surface area contributed by atoms with Gasteiger partial charge in [0.05, 0.1) is 16.4 Å². The van der Waals surface area contributed by atoms with Gasteiger partial charge >= 0.3 is 0 Å². The number of hydrogen-bond acceptors (Lipinski definition) is 8. The van der Waals surface area contributed by atoms with Crippen molar-refractivity contribution in [1.29, 1.82) is 0 Å². The maximum atomic E-state index is 12.2. The number of amides is 2. The first-order valence-corrected chi connectivity index (χ1v) is 13.0. The molecule has 0 bridgehead atoms. The van der Waals surface area contributed by atoms with Crippen LogP contribution in [0.1, 0.15) is 33.6 Å². The Morgan fingerprint density at radius 2 is 1.13 bits per heavy atom. The van der Waals surface area contributed by atoms with E-state index in [9.17, 15) is 34.8 Å². The standard InChI is InChI=1S/C14H21N3O10S3/c15-30(26,27)12-8-10(13(18)16-3-1-5-28(20,21)22)7-11(9-12)14(19)17-4-2-6-29(23,24)25/h7-9H,1-6H2,(H,16,18)(H,17,19)(H2,15,26,27)(H,20,21,22)(H,23,24,25). The highest BCUT2D eigenvalue weighted by atomic mass is 32.2. The summed E-state index contributed by atoms with van der Waals surface area (Å²) in [7, 11) is -12.7. The van der Waals surface area contributed by atoms with E-state index in [1.165, 1.54) is 0 Å². The van der Waals surface area contributed by atoms with Gasteiger partial charge in [-0.25, -0.2) is 13.6 Å². The van der Waals surface area contributed by atoms with Gasteiger partial charge in [0, 0.05) is 24.2 Å². The quantitative estimate of drug-likeness (QED) is 0.176. The largest absolute Gasteiger partial charge is 0.352 e. The van der Waals surface area contributed by atoms with E-state index in [0.29, 0.717) is 0 Å². The fourth-order valence-electron chi connectivity index (χ4n) is 2.14. The number of nitrogens with two attached hydrogens (primary N) is 1. The molecule has 0 heterocycles. The zero-order valence-corrected chi connectivity index (χ0v) is 17.9. The van der Waals surface area contributed by atoms with Crippen molar-refractivity contribution in [2.24, 2.45) is 5.14 Å². The Bertz CT molecular complexity index is 1040. The van der Waals surface area contributed by atoms with Crippen molar-refractivity contribution in [3.63, 3.8) is 0 Å². The first kappa shape index (κ1) is 25.9. The van der Waals surface area contributed by atoms with Gasteiger partial charge in [0.1, 0.15) is 0 Å². The zero-order chi connectivity index (χ0) is 23.2. The van der Waals surface area contributed by atoms with Crippen LogP contribution in [0.15, 0.2) is 23.1 Å². The molecule has 0 saturated heterocycles. The summed E-state index contributed by atoms with van der Waals surface area (Å²) in [6.45, 7) is -0.315. The summed E-state index contributed by atoms with van der Waals surface area (Å²) >= 11 is 0. The molecule has 0 saturated carbocycles. The third-order valence-electron chi connectivity index (χ3n) is 3.49. The number of nitrogens with one attached hydrogen (secondary N) is 2. The molecule has 0 aliphatic heterocycles. The van der Waals surface area contributed by atoms with Crippen LogP contribution in [0.2, 0.25) is 0 Å². The number of carbonyl (C=O) groups excluding carboxylic acids is 2. The minimum absolute atomic E-state index is 0.111. The Morgan fingerprint density at radius 1 is 0.767 bits per heavy atom. The van der Waals surface area contributed by atoms with Crippen molar-refractivity contribution in [2.45, 2.75) is 17.7 Å². The van der Waals surface area contributed by atoms with Gasteiger partial charge in [0.25, 0.3) is 32.1 Å². The van der Waals surface area contributed by atoms with E-state index in [4.69, 9.17) is 14.2 Å². The van der Waals surface area contributed by atoms with E-state index in [0.717, 1.165) is 18.2 Å². The van der Waals surface area contributed by atoms with E-state index in [1.54, 1.807) is 0 Å². The second-order valence-electron chi connectivity index (χ2n) is 6.08. The third-order valence-corrected chi connectivity index (χ3v) is 5.99. The average Bonchev–Trinajstić information content (AvgIpc) is 2.59. The van der Waals surface area contributed by atoms with Crippen LogP contribution in [-0.2, 0) is 30.3 Å². The van der Waals surface area contributed by atoms with Crippen molar-refractivity contribution < 1.29 is 43.9 Å². The van der Waals surface area contributed by atoms with Gasteiger partial charge in [0.2, 0.25) is 10.0 Å². The molecule has 2 amide bonds. The SMILES string of the molecule is NS(=O)(=O)c1cc(C(=O)NCCCS(=O)(=O)O)cc(C(=O)NCCCS(=O)(=O)O)c1. The summed E-state index contributed by atoms with van der Waals surface area (Å²) in [4.78, 5) is 23.9. The van der Waals surface area contributed by atoms with Crippen LogP contribution in [0.4, 0.5) is 0 Å². The number of hydrogen-bond donors (Lipinski definition) is 5. The van der Waals surface area contributed by atoms with E-state index >= 15 is 0 Å². The number of benzene rings is 1. The lowest BCUT2D eigenvalue weighted by molar-refractivity contribution is 0.0953. The Morgan fingerprint density at radius 3 is 1.43 bits per heavy atom. The highest BCUT2D eigenvalue weighted by Crippen LogP contribution is 2.15. The molecule has 0 spiro atoms. The highest BCUT2D eigenvalue weighted by molar-refractivity contribution is 7.89. The third kappa shape index (κ3) is 10.1. The zero-order valence-electron chi connectivity index (χ0n) is 15.4. The Labute approximate surface area is 173 Å². The van der Waals surface area contributed by atoms with Crippen LogP contribution in [0, 0.1) is 0 Å². The van der Waals surface area contributed by atoms with Gasteiger partial charge in [-0.3, -0.25) is 18.7 Å². The smallest absolute Gasteiger partial charge is 0.264 e. The molecule has 0 fully saturated rings. The van der Waals surface area contributed by atoms with Gasteiger partial charge in [-0.15, -0.1) is 0 Å². The Hall–Kier alpha value is -2.11. The lowest BCUT2D eigenvalue weighted by Gasteiger charge is -2.10. The van der Waals surface area contributed by atoms with E-state index in [2.05, 4.69) is 10.6 Å². The van der Waals surface area contributed by atoms with E-state index in [-0.39, 0.29) is 37.1 Å². The molecule has 1 rings (SSSR count). The molecule has 1 aromatic carbocycles. The van der Waals surface area contributed by atoms with Crippen molar-refractivity contribution in [3.05, 3.63) is 29.3 Å². The topological polar surface area (TPSA) is 227 Å². The summed E-state index contributed by atoms with van der Waals surface area (Å²) < 4.78 is 83.2. The molecule has 0 atom stereocenters. The van der Waals surface area contributed by atoms with Gasteiger partial charge < -0.3 is 10.6 Å². The molecule has 13 nitrogen and oxygen atoms in total. The van der Waals surface area contributed by atoms with Crippen LogP contribution in [0.25, 0.3) is 0 Å². The molecule has 30 heavy (non-hydrogen) atoms. The van der Waals surface area contributed by atoms with Crippen molar-refractivity contribution in [2.75, 3.05) is 24.6 Å². The lowest BCUT2D eigenvalue weighted by Crippen LogP contribution is -2.29. The molecule has 0 radical (unpaired) electrons. The summed E-state index contributed by atoms with van der Waals surface area (Å²) in [5, 5.41) is 9.67. The van der Waals surface area contributed by atoms with Crippen molar-refractivity contribution in [3.8, 4) is 0 Å². The Balaban J connectivity index is 2.95. The first-order chi connectivity index (χ1) is 13.6. The fraction of sp³-hybridized carbons (Fsp3) is 0.429. The number of sulfonamides is 1. The van der Waals surface area contributed by atoms with Gasteiger partial charge in [0.15, 0.2) is 0 Å². The molecular formula is C14H21N3O10S3. The molecule has 0 aliphatic rings. The molecule has 0 unspecified atom stereocenters. The molecule has 1 aromatic rings. The highest BCUT2D eigenvalue weighted by Gasteiger charge is 2.18. The van der Waals surface area contributed by atoms with Gasteiger partial charge in [-0.1, -0.05) is 0 Å². The van der Waals surface area contributed by atoms with E-state index in [1.807, 2.05) is 0 Å². The van der Waals surface area contributed by atoms with Crippen LogP contribution in [-0.4, -0.2) is 70.8 Å². The first-order valence-electron chi connectivity index (χ1n) is 8.23. The normalized spacial score (nSPS) is 12.4. The second kappa shape index (κ2) is 10.3. The van der Waals surface area contributed by atoms with Gasteiger partial charge in [-0.2, -0.15) is 16.8 Å². The predicted octanol–water partition coefficient (Wildman–Crippen LogP) is -1.65. The van der Waals surface area contributed by atoms with Crippen LogP contribution in [0.5, 0.6) is 0 Å². The van der Waals surface area contributed by atoms with Crippen molar-refractivity contribution in [1.82, 2.24) is 10.6 Å². The molecule has 6 N–H and O–H groups in total. The monoisotopic (exact) mass is 487 g/mol. The predicted molar refractivity (Wildman–Crippen MR) is 105 cm³/mol. The molecule has 0 aliphatic carbocycles. The fourth-order valence-corrected chi connectivity index (χ4v) is 3.74. The maximum Gasteiger partial charge on any atom is 0.264 e. The molecule has 170 valence electrons.